The van der Waals surface area contributed by atoms with E-state index in [9.17, 15) is 18.0 Å². The number of nitrogens with zero attached hydrogens (tertiary/aromatic N) is 1. The van der Waals surface area contributed by atoms with Gasteiger partial charge in [-0.1, -0.05) is 53.7 Å². The van der Waals surface area contributed by atoms with Crippen LogP contribution in [0.1, 0.15) is 110 Å². The van der Waals surface area contributed by atoms with Gasteiger partial charge in [-0.3, -0.25) is 9.69 Å². The number of hydrogen-bond donors (Lipinski definition) is 0. The molecule has 2 rings (SSSR count). The molecule has 36 heavy (non-hydrogen) atoms. The first kappa shape index (κ1) is 30.7. The molecule has 0 aromatic heterocycles. The molecule has 0 spiro atoms. The zero-order valence-corrected chi connectivity index (χ0v) is 23.5. The highest BCUT2D eigenvalue weighted by atomic mass is 19.4. The quantitative estimate of drug-likeness (QED) is 0.295. The summed E-state index contributed by atoms with van der Waals surface area (Å²) >= 11 is 0. The number of benzene rings is 1. The van der Waals surface area contributed by atoms with Crippen molar-refractivity contribution in [1.29, 1.82) is 0 Å². The molecule has 0 aliphatic heterocycles. The van der Waals surface area contributed by atoms with E-state index in [2.05, 4.69) is 46.4 Å². The van der Waals surface area contributed by atoms with Gasteiger partial charge in [0.2, 0.25) is 0 Å². The molecule has 0 amide bonds. The number of hydrogen-bond acceptors (Lipinski definition) is 3. The molecule has 3 unspecified atom stereocenters. The maximum Gasteiger partial charge on any atom is 0.416 e. The SMILES string of the molecule is CCOC(=O)CC1CCC(N(CCCC(C)(C)C)CCC(C)(C)C)C(c2ccc(C(F)(F)F)cc2)C1. The van der Waals surface area contributed by atoms with Crippen LogP contribution in [-0.2, 0) is 15.7 Å². The summed E-state index contributed by atoms with van der Waals surface area (Å²) in [5, 5.41) is 0. The number of rotatable bonds is 10. The summed E-state index contributed by atoms with van der Waals surface area (Å²) in [4.78, 5) is 14.8. The lowest BCUT2D eigenvalue weighted by molar-refractivity contribution is -0.144. The highest BCUT2D eigenvalue weighted by Gasteiger charge is 2.37. The fourth-order valence-corrected chi connectivity index (χ4v) is 5.33. The molecule has 1 aromatic carbocycles. The first-order chi connectivity index (χ1) is 16.6. The van der Waals surface area contributed by atoms with Crippen LogP contribution in [-0.4, -0.2) is 36.6 Å². The molecule has 3 atom stereocenters. The lowest BCUT2D eigenvalue weighted by Gasteiger charge is -2.44. The van der Waals surface area contributed by atoms with Crippen molar-refractivity contribution < 1.29 is 22.7 Å². The summed E-state index contributed by atoms with van der Waals surface area (Å²) in [6.45, 7) is 17.7. The molecular weight excluding hydrogens is 463 g/mol. The molecule has 0 radical (unpaired) electrons. The lowest BCUT2D eigenvalue weighted by atomic mass is 9.72. The maximum absolute atomic E-state index is 13.2. The van der Waals surface area contributed by atoms with E-state index in [1.54, 1.807) is 12.1 Å². The minimum Gasteiger partial charge on any atom is -0.466 e. The Bertz CT molecular complexity index is 805. The van der Waals surface area contributed by atoms with Crippen LogP contribution < -0.4 is 0 Å². The van der Waals surface area contributed by atoms with Gasteiger partial charge in [-0.05, 0) is 98.9 Å². The normalized spacial score (nSPS) is 21.6. The first-order valence-electron chi connectivity index (χ1n) is 13.7. The second-order valence-electron chi connectivity index (χ2n) is 13.0. The van der Waals surface area contributed by atoms with Crippen LogP contribution in [0.5, 0.6) is 0 Å². The van der Waals surface area contributed by atoms with E-state index in [1.807, 2.05) is 6.92 Å². The largest absolute Gasteiger partial charge is 0.466 e. The standard InChI is InChI=1S/C30H48F3NO2/c1-8-36-27(35)21-22-10-15-26(25(20-22)23-11-13-24(14-12-23)30(31,32)33)34(19-17-29(5,6)7)18-9-16-28(2,3)4/h11-14,22,25-26H,8-10,15-21H2,1-7H3. The number of alkyl halides is 3. The minimum atomic E-state index is -4.34. The van der Waals surface area contributed by atoms with Gasteiger partial charge in [0.25, 0.3) is 0 Å². The summed E-state index contributed by atoms with van der Waals surface area (Å²) in [5.74, 6) is 0.101. The van der Waals surface area contributed by atoms with E-state index in [1.165, 1.54) is 12.1 Å². The zero-order chi connectivity index (χ0) is 27.1. The molecule has 0 bridgehead atoms. The van der Waals surface area contributed by atoms with Crippen molar-refractivity contribution in [2.24, 2.45) is 16.7 Å². The van der Waals surface area contributed by atoms with Crippen LogP contribution in [0.4, 0.5) is 13.2 Å². The van der Waals surface area contributed by atoms with Crippen molar-refractivity contribution in [3.8, 4) is 0 Å². The highest BCUT2D eigenvalue weighted by Crippen LogP contribution is 2.42. The zero-order valence-electron chi connectivity index (χ0n) is 23.5. The average Bonchev–Trinajstić information content (AvgIpc) is 2.74. The Balaban J connectivity index is 2.32. The van der Waals surface area contributed by atoms with Gasteiger partial charge in [-0.25, -0.2) is 0 Å². The lowest BCUT2D eigenvalue weighted by Crippen LogP contribution is -2.45. The first-order valence-corrected chi connectivity index (χ1v) is 13.7. The van der Waals surface area contributed by atoms with Crippen LogP contribution in [0.2, 0.25) is 0 Å². The summed E-state index contributed by atoms with van der Waals surface area (Å²) in [7, 11) is 0. The number of carbonyl (C=O) groups is 1. The van der Waals surface area contributed by atoms with Gasteiger partial charge in [0, 0.05) is 12.5 Å². The Kier molecular flexibility index (Phi) is 10.9. The molecule has 0 heterocycles. The van der Waals surface area contributed by atoms with Crippen molar-refractivity contribution in [2.45, 2.75) is 112 Å². The molecule has 1 aliphatic carbocycles. The Morgan fingerprint density at radius 3 is 2.08 bits per heavy atom. The third-order valence-electron chi connectivity index (χ3n) is 7.34. The minimum absolute atomic E-state index is 0.0927. The monoisotopic (exact) mass is 511 g/mol. The fraction of sp³-hybridized carbons (Fsp3) is 0.767. The summed E-state index contributed by atoms with van der Waals surface area (Å²) < 4.78 is 44.9. The van der Waals surface area contributed by atoms with Crippen LogP contribution in [0.15, 0.2) is 24.3 Å². The van der Waals surface area contributed by atoms with E-state index in [0.29, 0.717) is 13.0 Å². The van der Waals surface area contributed by atoms with Gasteiger partial charge in [0.1, 0.15) is 0 Å². The average molecular weight is 512 g/mol. The smallest absolute Gasteiger partial charge is 0.416 e. The van der Waals surface area contributed by atoms with E-state index in [4.69, 9.17) is 4.74 Å². The van der Waals surface area contributed by atoms with Gasteiger partial charge in [0.15, 0.2) is 0 Å². The molecule has 1 aliphatic rings. The Hall–Kier alpha value is -1.56. The number of halogens is 3. The molecule has 0 saturated heterocycles. The van der Waals surface area contributed by atoms with E-state index >= 15 is 0 Å². The van der Waals surface area contributed by atoms with Crippen molar-refractivity contribution in [1.82, 2.24) is 4.90 Å². The van der Waals surface area contributed by atoms with Gasteiger partial charge in [-0.15, -0.1) is 0 Å². The topological polar surface area (TPSA) is 29.5 Å². The predicted octanol–water partition coefficient (Wildman–Crippen LogP) is 8.48. The summed E-state index contributed by atoms with van der Waals surface area (Å²) in [5.41, 5.74) is 0.794. The van der Waals surface area contributed by atoms with Gasteiger partial charge < -0.3 is 4.74 Å². The second-order valence-corrected chi connectivity index (χ2v) is 13.0. The Labute approximate surface area is 217 Å². The fourth-order valence-electron chi connectivity index (χ4n) is 5.33. The predicted molar refractivity (Wildman–Crippen MR) is 141 cm³/mol. The van der Waals surface area contributed by atoms with Crippen molar-refractivity contribution in [2.75, 3.05) is 19.7 Å². The molecule has 0 N–H and O–H groups in total. The third kappa shape index (κ3) is 10.4. The number of carbonyl (C=O) groups excluding carboxylic acids is 1. The molecule has 1 aromatic rings. The van der Waals surface area contributed by atoms with Gasteiger partial charge in [0.05, 0.1) is 12.2 Å². The molecule has 3 nitrogen and oxygen atoms in total. The van der Waals surface area contributed by atoms with Gasteiger partial charge >= 0.3 is 12.1 Å². The van der Waals surface area contributed by atoms with Crippen molar-refractivity contribution >= 4 is 5.97 Å². The molecule has 1 fully saturated rings. The number of esters is 1. The van der Waals surface area contributed by atoms with Crippen LogP contribution in [0.3, 0.4) is 0 Å². The molecule has 6 heteroatoms. The summed E-state index contributed by atoms with van der Waals surface area (Å²) in [6, 6.07) is 5.98. The third-order valence-corrected chi connectivity index (χ3v) is 7.34. The van der Waals surface area contributed by atoms with E-state index < -0.39 is 11.7 Å². The molecular formula is C30H48F3NO2. The highest BCUT2D eigenvalue weighted by molar-refractivity contribution is 5.69. The van der Waals surface area contributed by atoms with Gasteiger partial charge in [-0.2, -0.15) is 13.2 Å². The second kappa shape index (κ2) is 12.8. The van der Waals surface area contributed by atoms with Crippen molar-refractivity contribution in [3.05, 3.63) is 35.4 Å². The van der Waals surface area contributed by atoms with Crippen molar-refractivity contribution in [3.63, 3.8) is 0 Å². The van der Waals surface area contributed by atoms with Crippen LogP contribution in [0.25, 0.3) is 0 Å². The van der Waals surface area contributed by atoms with Crippen LogP contribution in [0, 0.1) is 16.7 Å². The Morgan fingerprint density at radius 1 is 0.944 bits per heavy atom. The Morgan fingerprint density at radius 2 is 1.56 bits per heavy atom. The van der Waals surface area contributed by atoms with Crippen LogP contribution >= 0.6 is 0 Å². The van der Waals surface area contributed by atoms with E-state index in [-0.39, 0.29) is 34.7 Å². The molecule has 206 valence electrons. The maximum atomic E-state index is 13.2. The number of ether oxygens (including phenoxy) is 1. The summed E-state index contributed by atoms with van der Waals surface area (Å²) in [6.07, 6.45) is 1.98. The van der Waals surface area contributed by atoms with E-state index in [0.717, 1.165) is 57.2 Å². The molecule has 1 saturated carbocycles.